The van der Waals surface area contributed by atoms with Crippen molar-refractivity contribution in [3.63, 3.8) is 0 Å². The van der Waals surface area contributed by atoms with E-state index < -0.39 is 0 Å². The Balaban J connectivity index is 2.28. The average Bonchev–Trinajstić information content (AvgIpc) is 2.58. The van der Waals surface area contributed by atoms with Gasteiger partial charge in [-0.1, -0.05) is 57.2 Å². The SMILES string of the molecule is COc1cc(C=Cc2ccc(C(C)(C)C)cc2)cc(OC)c1OC. The molecule has 3 nitrogen and oxygen atoms in total. The highest BCUT2D eigenvalue weighted by Crippen LogP contribution is 2.38. The second kappa shape index (κ2) is 7.43. The number of ether oxygens (including phenoxy) is 3. The molecule has 2 rings (SSSR count). The molecular weight excluding hydrogens is 300 g/mol. The molecule has 0 aliphatic carbocycles. The Morgan fingerprint density at radius 3 is 1.62 bits per heavy atom. The third kappa shape index (κ3) is 4.10. The highest BCUT2D eigenvalue weighted by molar-refractivity contribution is 5.72. The molecule has 0 aromatic heterocycles. The largest absolute Gasteiger partial charge is 0.493 e. The van der Waals surface area contributed by atoms with Gasteiger partial charge in [-0.2, -0.15) is 0 Å². The summed E-state index contributed by atoms with van der Waals surface area (Å²) in [6.07, 6.45) is 4.11. The number of hydrogen-bond acceptors (Lipinski definition) is 3. The van der Waals surface area contributed by atoms with E-state index in [2.05, 4.69) is 51.1 Å². The Morgan fingerprint density at radius 1 is 0.708 bits per heavy atom. The summed E-state index contributed by atoms with van der Waals surface area (Å²) >= 11 is 0. The number of rotatable bonds is 5. The maximum atomic E-state index is 5.39. The smallest absolute Gasteiger partial charge is 0.203 e. The fourth-order valence-electron chi connectivity index (χ4n) is 2.48. The van der Waals surface area contributed by atoms with Crippen LogP contribution in [0.3, 0.4) is 0 Å². The maximum Gasteiger partial charge on any atom is 0.203 e. The Kier molecular flexibility index (Phi) is 5.55. The van der Waals surface area contributed by atoms with Crippen molar-refractivity contribution < 1.29 is 14.2 Å². The van der Waals surface area contributed by atoms with E-state index in [0.29, 0.717) is 17.2 Å². The van der Waals surface area contributed by atoms with Crippen LogP contribution in [0.15, 0.2) is 36.4 Å². The van der Waals surface area contributed by atoms with Crippen LogP contribution in [0.5, 0.6) is 17.2 Å². The minimum Gasteiger partial charge on any atom is -0.493 e. The van der Waals surface area contributed by atoms with E-state index in [1.165, 1.54) is 5.56 Å². The van der Waals surface area contributed by atoms with Gasteiger partial charge in [0.2, 0.25) is 5.75 Å². The monoisotopic (exact) mass is 326 g/mol. The van der Waals surface area contributed by atoms with Gasteiger partial charge in [-0.3, -0.25) is 0 Å². The quantitative estimate of drug-likeness (QED) is 0.709. The van der Waals surface area contributed by atoms with Gasteiger partial charge in [0.15, 0.2) is 11.5 Å². The minimum atomic E-state index is 0.166. The summed E-state index contributed by atoms with van der Waals surface area (Å²) in [5.41, 5.74) is 3.63. The van der Waals surface area contributed by atoms with Gasteiger partial charge in [0.1, 0.15) is 0 Å². The molecule has 0 N–H and O–H groups in total. The van der Waals surface area contributed by atoms with Crippen molar-refractivity contribution in [2.45, 2.75) is 26.2 Å². The Morgan fingerprint density at radius 2 is 1.21 bits per heavy atom. The van der Waals surface area contributed by atoms with Crippen LogP contribution in [-0.4, -0.2) is 21.3 Å². The van der Waals surface area contributed by atoms with Crippen LogP contribution in [0.25, 0.3) is 12.2 Å². The van der Waals surface area contributed by atoms with Gasteiger partial charge >= 0.3 is 0 Å². The zero-order chi connectivity index (χ0) is 17.7. The van der Waals surface area contributed by atoms with Crippen molar-refractivity contribution >= 4 is 12.2 Å². The molecule has 2 aromatic carbocycles. The number of hydrogen-bond donors (Lipinski definition) is 0. The molecule has 128 valence electrons. The molecule has 0 bridgehead atoms. The van der Waals surface area contributed by atoms with E-state index >= 15 is 0 Å². The first kappa shape index (κ1) is 17.9. The summed E-state index contributed by atoms with van der Waals surface area (Å²) in [6, 6.07) is 12.5. The lowest BCUT2D eigenvalue weighted by molar-refractivity contribution is 0.324. The van der Waals surface area contributed by atoms with Crippen molar-refractivity contribution in [3.05, 3.63) is 53.1 Å². The Hall–Kier alpha value is -2.42. The van der Waals surface area contributed by atoms with E-state index in [1.807, 2.05) is 18.2 Å². The van der Waals surface area contributed by atoms with Crippen LogP contribution in [0.1, 0.15) is 37.5 Å². The lowest BCUT2D eigenvalue weighted by atomic mass is 9.87. The summed E-state index contributed by atoms with van der Waals surface area (Å²) < 4.78 is 16.1. The van der Waals surface area contributed by atoms with E-state index in [4.69, 9.17) is 14.2 Å². The summed E-state index contributed by atoms with van der Waals surface area (Å²) in [4.78, 5) is 0. The van der Waals surface area contributed by atoms with Crippen LogP contribution in [0.2, 0.25) is 0 Å². The number of methoxy groups -OCH3 is 3. The van der Waals surface area contributed by atoms with E-state index in [1.54, 1.807) is 21.3 Å². The second-order valence-corrected chi connectivity index (χ2v) is 6.66. The van der Waals surface area contributed by atoms with Gasteiger partial charge in [0, 0.05) is 0 Å². The first-order valence-corrected chi connectivity index (χ1v) is 7.97. The number of benzene rings is 2. The van der Waals surface area contributed by atoms with Gasteiger partial charge in [0.25, 0.3) is 0 Å². The molecule has 2 aromatic rings. The molecule has 24 heavy (non-hydrogen) atoms. The zero-order valence-electron chi connectivity index (χ0n) is 15.3. The van der Waals surface area contributed by atoms with Crippen molar-refractivity contribution in [1.29, 1.82) is 0 Å². The maximum absolute atomic E-state index is 5.39. The van der Waals surface area contributed by atoms with Crippen molar-refractivity contribution in [1.82, 2.24) is 0 Å². The van der Waals surface area contributed by atoms with Crippen LogP contribution in [0.4, 0.5) is 0 Å². The van der Waals surface area contributed by atoms with Crippen LogP contribution >= 0.6 is 0 Å². The van der Waals surface area contributed by atoms with E-state index in [9.17, 15) is 0 Å². The summed E-state index contributed by atoms with van der Waals surface area (Å²) in [5, 5.41) is 0. The lowest BCUT2D eigenvalue weighted by Gasteiger charge is -2.18. The highest BCUT2D eigenvalue weighted by atomic mass is 16.5. The standard InChI is InChI=1S/C21H26O3/c1-21(2,3)17-11-9-15(10-12-17)7-8-16-13-18(22-4)20(24-6)19(14-16)23-5/h7-14H,1-6H3. The molecule has 0 unspecified atom stereocenters. The molecule has 0 saturated carbocycles. The first-order chi connectivity index (χ1) is 11.4. The van der Waals surface area contributed by atoms with Crippen molar-refractivity contribution in [3.8, 4) is 17.2 Å². The van der Waals surface area contributed by atoms with Crippen LogP contribution in [-0.2, 0) is 5.41 Å². The fourth-order valence-corrected chi connectivity index (χ4v) is 2.48. The van der Waals surface area contributed by atoms with Gasteiger partial charge in [0.05, 0.1) is 21.3 Å². The van der Waals surface area contributed by atoms with Gasteiger partial charge in [-0.05, 0) is 34.2 Å². The van der Waals surface area contributed by atoms with Crippen molar-refractivity contribution in [2.24, 2.45) is 0 Å². The third-order valence-corrected chi connectivity index (χ3v) is 3.93. The van der Waals surface area contributed by atoms with E-state index in [0.717, 1.165) is 11.1 Å². The summed E-state index contributed by atoms with van der Waals surface area (Å²) in [5.74, 6) is 1.91. The van der Waals surface area contributed by atoms with Gasteiger partial charge < -0.3 is 14.2 Å². The van der Waals surface area contributed by atoms with Crippen molar-refractivity contribution in [2.75, 3.05) is 21.3 Å². The van der Waals surface area contributed by atoms with Gasteiger partial charge in [-0.15, -0.1) is 0 Å². The topological polar surface area (TPSA) is 27.7 Å². The molecule has 3 heteroatoms. The Bertz CT molecular complexity index is 682. The predicted molar refractivity (Wildman–Crippen MR) is 100 cm³/mol. The fraction of sp³-hybridized carbons (Fsp3) is 0.333. The molecule has 0 amide bonds. The molecular formula is C21H26O3. The molecule has 0 heterocycles. The molecule has 0 aliphatic rings. The van der Waals surface area contributed by atoms with Crippen LogP contribution < -0.4 is 14.2 Å². The first-order valence-electron chi connectivity index (χ1n) is 7.97. The second-order valence-electron chi connectivity index (χ2n) is 6.66. The molecule has 0 saturated heterocycles. The molecule has 0 spiro atoms. The minimum absolute atomic E-state index is 0.166. The average molecular weight is 326 g/mol. The molecule has 0 atom stereocenters. The normalized spacial score (nSPS) is 11.6. The Labute approximate surface area is 144 Å². The summed E-state index contributed by atoms with van der Waals surface area (Å²) in [6.45, 7) is 6.65. The molecule has 0 fully saturated rings. The zero-order valence-corrected chi connectivity index (χ0v) is 15.3. The van der Waals surface area contributed by atoms with E-state index in [-0.39, 0.29) is 5.41 Å². The summed E-state index contributed by atoms with van der Waals surface area (Å²) in [7, 11) is 4.85. The highest BCUT2D eigenvalue weighted by Gasteiger charge is 2.13. The third-order valence-electron chi connectivity index (χ3n) is 3.93. The van der Waals surface area contributed by atoms with Crippen LogP contribution in [0, 0.1) is 0 Å². The molecule has 0 aliphatic heterocycles. The molecule has 0 radical (unpaired) electrons. The lowest BCUT2D eigenvalue weighted by Crippen LogP contribution is -2.10. The van der Waals surface area contributed by atoms with Gasteiger partial charge in [-0.25, -0.2) is 0 Å². The predicted octanol–water partition coefficient (Wildman–Crippen LogP) is 5.18.